The topological polar surface area (TPSA) is 89.0 Å². The number of benzene rings is 1. The van der Waals surface area contributed by atoms with Gasteiger partial charge in [0.15, 0.2) is 10.3 Å². The number of halogens is 2. The van der Waals surface area contributed by atoms with Gasteiger partial charge in [-0.25, -0.2) is 23.1 Å². The van der Waals surface area contributed by atoms with Crippen molar-refractivity contribution in [3.05, 3.63) is 28.5 Å². The minimum Gasteiger partial charge on any atom is -0.289 e. The number of nitrogens with zero attached hydrogens (tertiary/aromatic N) is 2. The van der Waals surface area contributed by atoms with Crippen LogP contribution in [0.5, 0.6) is 0 Å². The lowest BCUT2D eigenvalue weighted by Gasteiger charge is -2.05. The standard InChI is InChI=1S/C10H6Cl2N3O3S/c11-9-10(12)15-8-5-6(1-2-7(8)14-9)19(17,18)13-3-4-16/h1-2,5,13H,3H2. The van der Waals surface area contributed by atoms with Gasteiger partial charge in [0, 0.05) is 0 Å². The molecule has 1 aromatic heterocycles. The van der Waals surface area contributed by atoms with Crippen molar-refractivity contribution in [2.45, 2.75) is 4.90 Å². The van der Waals surface area contributed by atoms with Gasteiger partial charge in [-0.1, -0.05) is 23.2 Å². The van der Waals surface area contributed by atoms with E-state index in [2.05, 4.69) is 14.7 Å². The molecule has 0 bridgehead atoms. The van der Waals surface area contributed by atoms with Gasteiger partial charge in [-0.3, -0.25) is 4.79 Å². The largest absolute Gasteiger partial charge is 0.289 e. The van der Waals surface area contributed by atoms with E-state index in [-0.39, 0.29) is 20.7 Å². The van der Waals surface area contributed by atoms with Crippen LogP contribution in [0.25, 0.3) is 11.0 Å². The Morgan fingerprint density at radius 2 is 1.79 bits per heavy atom. The normalized spacial score (nSPS) is 11.7. The molecule has 1 N–H and O–H groups in total. The SMILES string of the molecule is O=[C]CNS(=O)(=O)c1ccc2nc(Cl)c(Cl)nc2c1. The zero-order valence-corrected chi connectivity index (χ0v) is 11.6. The molecule has 1 heterocycles. The van der Waals surface area contributed by atoms with Crippen molar-refractivity contribution < 1.29 is 13.2 Å². The highest BCUT2D eigenvalue weighted by Gasteiger charge is 2.15. The van der Waals surface area contributed by atoms with Crippen molar-refractivity contribution >= 4 is 50.5 Å². The van der Waals surface area contributed by atoms with Gasteiger partial charge in [0.1, 0.15) is 0 Å². The molecule has 0 saturated heterocycles. The summed E-state index contributed by atoms with van der Waals surface area (Å²) in [6.07, 6.45) is 1.44. The summed E-state index contributed by atoms with van der Waals surface area (Å²) >= 11 is 11.4. The first kappa shape index (κ1) is 14.1. The summed E-state index contributed by atoms with van der Waals surface area (Å²) < 4.78 is 25.6. The molecule has 19 heavy (non-hydrogen) atoms. The Kier molecular flexibility index (Phi) is 4.00. The van der Waals surface area contributed by atoms with Gasteiger partial charge in [-0.05, 0) is 18.2 Å². The van der Waals surface area contributed by atoms with Gasteiger partial charge < -0.3 is 0 Å². The van der Waals surface area contributed by atoms with Gasteiger partial charge in [-0.2, -0.15) is 0 Å². The predicted octanol–water partition coefficient (Wildman–Crippen LogP) is 1.32. The second-order valence-electron chi connectivity index (χ2n) is 3.42. The summed E-state index contributed by atoms with van der Waals surface area (Å²) in [4.78, 5) is 17.9. The molecule has 0 aliphatic heterocycles. The van der Waals surface area contributed by atoms with Crippen LogP contribution in [0, 0.1) is 0 Å². The molecule has 0 amide bonds. The molecule has 9 heteroatoms. The molecular formula is C10H6Cl2N3O3S. The van der Waals surface area contributed by atoms with E-state index in [0.717, 1.165) is 0 Å². The first-order valence-corrected chi connectivity index (χ1v) is 7.15. The van der Waals surface area contributed by atoms with Crippen LogP contribution in [0.2, 0.25) is 10.3 Å². The minimum atomic E-state index is -3.79. The summed E-state index contributed by atoms with van der Waals surface area (Å²) in [5.41, 5.74) is 0.697. The molecule has 2 aromatic rings. The summed E-state index contributed by atoms with van der Waals surface area (Å²) in [6, 6.07) is 4.07. The van der Waals surface area contributed by atoms with Crippen molar-refractivity contribution in [2.75, 3.05) is 6.54 Å². The van der Waals surface area contributed by atoms with E-state index in [1.165, 1.54) is 24.5 Å². The van der Waals surface area contributed by atoms with Crippen LogP contribution in [0.4, 0.5) is 0 Å². The third kappa shape index (κ3) is 3.01. The van der Waals surface area contributed by atoms with E-state index < -0.39 is 16.6 Å². The van der Waals surface area contributed by atoms with Gasteiger partial charge in [0.2, 0.25) is 16.3 Å². The number of aromatic nitrogens is 2. The molecule has 6 nitrogen and oxygen atoms in total. The molecule has 0 saturated carbocycles. The Hall–Kier alpha value is -1.28. The quantitative estimate of drug-likeness (QED) is 0.918. The fourth-order valence-electron chi connectivity index (χ4n) is 1.37. The van der Waals surface area contributed by atoms with Crippen molar-refractivity contribution in [3.8, 4) is 0 Å². The van der Waals surface area contributed by atoms with Crippen LogP contribution in [0.1, 0.15) is 0 Å². The first-order valence-electron chi connectivity index (χ1n) is 4.91. The Morgan fingerprint density at radius 3 is 2.42 bits per heavy atom. The van der Waals surface area contributed by atoms with Gasteiger partial charge in [0.25, 0.3) is 0 Å². The van der Waals surface area contributed by atoms with Crippen LogP contribution in [-0.2, 0) is 14.8 Å². The maximum Gasteiger partial charge on any atom is 0.241 e. The number of sulfonamides is 1. The lowest BCUT2D eigenvalue weighted by atomic mass is 10.3. The highest BCUT2D eigenvalue weighted by molar-refractivity contribution is 7.89. The van der Waals surface area contributed by atoms with Crippen molar-refractivity contribution in [1.82, 2.24) is 14.7 Å². The van der Waals surface area contributed by atoms with Crippen LogP contribution >= 0.6 is 23.2 Å². The monoisotopic (exact) mass is 318 g/mol. The second kappa shape index (κ2) is 5.38. The molecule has 1 aromatic carbocycles. The Bertz CT molecular complexity index is 749. The zero-order chi connectivity index (χ0) is 14.0. The van der Waals surface area contributed by atoms with Crippen molar-refractivity contribution in [1.29, 1.82) is 0 Å². The lowest BCUT2D eigenvalue weighted by molar-refractivity contribution is 0.550. The van der Waals surface area contributed by atoms with Crippen molar-refractivity contribution in [2.24, 2.45) is 0 Å². The average Bonchev–Trinajstić information content (AvgIpc) is 2.37. The number of rotatable bonds is 4. The second-order valence-corrected chi connectivity index (χ2v) is 5.91. The molecule has 1 radical (unpaired) electrons. The van der Waals surface area contributed by atoms with Crippen LogP contribution in [-0.4, -0.2) is 31.2 Å². The van der Waals surface area contributed by atoms with Crippen LogP contribution in [0.3, 0.4) is 0 Å². The molecule has 0 aliphatic rings. The molecule has 0 fully saturated rings. The summed E-state index contributed by atoms with van der Waals surface area (Å²) in [5.74, 6) is 0. The van der Waals surface area contributed by atoms with E-state index in [9.17, 15) is 13.2 Å². The van der Waals surface area contributed by atoms with Crippen LogP contribution < -0.4 is 4.72 Å². The molecule has 0 atom stereocenters. The third-order valence-corrected chi connectivity index (χ3v) is 4.22. The molecule has 99 valence electrons. The Balaban J connectivity index is 2.52. The van der Waals surface area contributed by atoms with Crippen molar-refractivity contribution in [3.63, 3.8) is 0 Å². The summed E-state index contributed by atoms with van der Waals surface area (Å²) in [6.45, 7) is -0.423. The summed E-state index contributed by atoms with van der Waals surface area (Å²) in [7, 11) is -3.79. The fraction of sp³-hybridized carbons (Fsp3) is 0.100. The molecule has 0 spiro atoms. The van der Waals surface area contributed by atoms with E-state index in [0.29, 0.717) is 5.52 Å². The minimum absolute atomic E-state index is 0.0158. The molecule has 0 aliphatic carbocycles. The van der Waals surface area contributed by atoms with E-state index in [1.807, 2.05) is 0 Å². The van der Waals surface area contributed by atoms with Crippen LogP contribution in [0.15, 0.2) is 23.1 Å². The smallest absolute Gasteiger partial charge is 0.241 e. The number of nitrogens with one attached hydrogen (secondary N) is 1. The van der Waals surface area contributed by atoms with E-state index in [1.54, 1.807) is 0 Å². The maximum atomic E-state index is 11.8. The Labute approximate surface area is 118 Å². The fourth-order valence-corrected chi connectivity index (χ4v) is 2.56. The number of carbonyl (C=O) groups excluding carboxylic acids is 1. The Morgan fingerprint density at radius 1 is 1.16 bits per heavy atom. The maximum absolute atomic E-state index is 11.8. The van der Waals surface area contributed by atoms with Gasteiger partial charge in [-0.15, -0.1) is 0 Å². The lowest BCUT2D eigenvalue weighted by Crippen LogP contribution is -2.25. The number of hydrogen-bond donors (Lipinski definition) is 1. The predicted molar refractivity (Wildman–Crippen MR) is 70.4 cm³/mol. The highest BCUT2D eigenvalue weighted by atomic mass is 35.5. The third-order valence-electron chi connectivity index (χ3n) is 2.20. The van der Waals surface area contributed by atoms with Gasteiger partial charge >= 0.3 is 0 Å². The zero-order valence-electron chi connectivity index (χ0n) is 9.22. The average molecular weight is 319 g/mol. The molecule has 2 rings (SSSR count). The number of fused-ring (bicyclic) bond motifs is 1. The van der Waals surface area contributed by atoms with E-state index >= 15 is 0 Å². The first-order chi connectivity index (χ1) is 8.94. The molecular weight excluding hydrogens is 313 g/mol. The number of hydrogen-bond acceptors (Lipinski definition) is 5. The highest BCUT2D eigenvalue weighted by Crippen LogP contribution is 2.22. The molecule has 0 unspecified atom stereocenters. The van der Waals surface area contributed by atoms with Gasteiger partial charge in [0.05, 0.1) is 22.5 Å². The summed E-state index contributed by atoms with van der Waals surface area (Å²) in [5, 5.41) is 0.0244. The van der Waals surface area contributed by atoms with E-state index in [4.69, 9.17) is 23.2 Å².